The average Bonchev–Trinajstić information content (AvgIpc) is 3.13. The van der Waals surface area contributed by atoms with E-state index in [1.165, 1.54) is 19.4 Å². The molecule has 5 rings (SSSR count). The van der Waals surface area contributed by atoms with Crippen molar-refractivity contribution in [2.75, 3.05) is 33.4 Å². The van der Waals surface area contributed by atoms with Crippen LogP contribution in [0.1, 0.15) is 51.9 Å². The number of esters is 1. The highest BCUT2D eigenvalue weighted by Crippen LogP contribution is 2.34. The Labute approximate surface area is 290 Å². The number of benzene rings is 3. The van der Waals surface area contributed by atoms with Crippen LogP contribution in [-0.2, 0) is 22.7 Å². The van der Waals surface area contributed by atoms with Gasteiger partial charge in [0.15, 0.2) is 11.9 Å². The topological polar surface area (TPSA) is 131 Å². The number of aldehydes is 1. The maximum absolute atomic E-state index is 11.8. The zero-order chi connectivity index (χ0) is 34.8. The molecule has 0 saturated carbocycles. The molecule has 1 aliphatic rings. The fraction of sp³-hybridized carbons (Fsp3) is 0.316. The molecule has 3 aromatic carbocycles. The van der Waals surface area contributed by atoms with Crippen LogP contribution in [0.5, 0.6) is 17.2 Å². The molecule has 0 amide bonds. The number of likely N-dealkylation sites (tertiary alicyclic amines) is 1. The Hall–Kier alpha value is -4.95. The molecule has 1 fully saturated rings. The van der Waals surface area contributed by atoms with Crippen molar-refractivity contribution in [3.63, 3.8) is 0 Å². The summed E-state index contributed by atoms with van der Waals surface area (Å²) in [6.07, 6.45) is 5.26. The van der Waals surface area contributed by atoms with Gasteiger partial charge in [0.2, 0.25) is 0 Å². The normalized spacial score (nSPS) is 14.0. The van der Waals surface area contributed by atoms with Gasteiger partial charge in [-0.2, -0.15) is 5.26 Å². The highest BCUT2D eigenvalue weighted by molar-refractivity contribution is 6.32. The lowest BCUT2D eigenvalue weighted by Gasteiger charge is -2.36. The molecule has 0 spiro atoms. The maximum atomic E-state index is 11.8. The molecule has 1 saturated heterocycles. The van der Waals surface area contributed by atoms with Crippen molar-refractivity contribution in [1.29, 1.82) is 5.26 Å². The van der Waals surface area contributed by atoms with Gasteiger partial charge in [0.1, 0.15) is 36.5 Å². The van der Waals surface area contributed by atoms with Gasteiger partial charge in [-0.1, -0.05) is 41.9 Å². The number of carbonyl (C=O) groups excluding carboxylic acids is 2. The summed E-state index contributed by atoms with van der Waals surface area (Å²) in [5, 5.41) is 19.9. The van der Waals surface area contributed by atoms with Crippen molar-refractivity contribution in [2.24, 2.45) is 0 Å². The van der Waals surface area contributed by atoms with Gasteiger partial charge in [-0.25, -0.2) is 4.79 Å². The number of pyridine rings is 1. The first-order valence-corrected chi connectivity index (χ1v) is 16.3. The second kappa shape index (κ2) is 16.4. The smallest absolute Gasteiger partial charge is 0.337 e. The van der Waals surface area contributed by atoms with Gasteiger partial charge in [0.25, 0.3) is 0 Å². The molecule has 1 aromatic heterocycles. The lowest BCUT2D eigenvalue weighted by Crippen LogP contribution is -2.50. The van der Waals surface area contributed by atoms with Crippen molar-refractivity contribution in [3.8, 4) is 34.4 Å². The summed E-state index contributed by atoms with van der Waals surface area (Å²) in [5.41, 5.74) is 4.04. The van der Waals surface area contributed by atoms with E-state index < -0.39 is 11.6 Å². The van der Waals surface area contributed by atoms with Crippen LogP contribution in [0.25, 0.3) is 11.1 Å². The number of halogens is 1. The van der Waals surface area contributed by atoms with Crippen molar-refractivity contribution >= 4 is 23.9 Å². The Balaban J connectivity index is 1.18. The van der Waals surface area contributed by atoms with Gasteiger partial charge >= 0.3 is 5.97 Å². The fourth-order valence-electron chi connectivity index (χ4n) is 5.75. The molecule has 10 nitrogen and oxygen atoms in total. The van der Waals surface area contributed by atoms with Crippen LogP contribution in [0.2, 0.25) is 5.02 Å². The van der Waals surface area contributed by atoms with E-state index in [4.69, 9.17) is 35.8 Å². The largest absolute Gasteiger partial charge is 0.494 e. The molecule has 254 valence electrons. The van der Waals surface area contributed by atoms with Gasteiger partial charge in [-0.05, 0) is 72.7 Å². The SMILES string of the molecule is COC(=O)C1(O)CCN(CCCOc2cccc(-c3cccc(COc4cc(OCc5cncc(C#N)c5)c(C=O)cc4Cl)c3C)c2)CC1. The molecular formula is C38H38ClN3O7. The van der Waals surface area contributed by atoms with E-state index >= 15 is 0 Å². The van der Waals surface area contributed by atoms with Crippen LogP contribution >= 0.6 is 11.6 Å². The zero-order valence-corrected chi connectivity index (χ0v) is 28.2. The Bertz CT molecular complexity index is 1830. The summed E-state index contributed by atoms with van der Waals surface area (Å²) >= 11 is 6.48. The number of methoxy groups -OCH3 is 1. The molecule has 49 heavy (non-hydrogen) atoms. The number of ether oxygens (including phenoxy) is 4. The summed E-state index contributed by atoms with van der Waals surface area (Å²) in [6.45, 7) is 4.98. The Morgan fingerprint density at radius 1 is 1.04 bits per heavy atom. The Morgan fingerprint density at radius 2 is 1.82 bits per heavy atom. The summed E-state index contributed by atoms with van der Waals surface area (Å²) < 4.78 is 22.9. The molecule has 0 atom stereocenters. The number of rotatable bonds is 14. The third-order valence-electron chi connectivity index (χ3n) is 8.62. The highest BCUT2D eigenvalue weighted by Gasteiger charge is 2.40. The third kappa shape index (κ3) is 8.95. The molecule has 11 heteroatoms. The van der Waals surface area contributed by atoms with Crippen LogP contribution in [0, 0.1) is 18.3 Å². The number of nitrogens with zero attached hydrogens (tertiary/aromatic N) is 3. The van der Waals surface area contributed by atoms with Crippen molar-refractivity contribution in [3.05, 3.63) is 106 Å². The van der Waals surface area contributed by atoms with E-state index in [2.05, 4.69) is 16.0 Å². The average molecular weight is 684 g/mol. The molecule has 0 radical (unpaired) electrons. The number of hydrogen-bond donors (Lipinski definition) is 1. The van der Waals surface area contributed by atoms with Gasteiger partial charge in [-0.15, -0.1) is 0 Å². The molecule has 0 aliphatic carbocycles. The zero-order valence-electron chi connectivity index (χ0n) is 27.5. The maximum Gasteiger partial charge on any atom is 0.337 e. The summed E-state index contributed by atoms with van der Waals surface area (Å²) in [5.74, 6) is 0.881. The van der Waals surface area contributed by atoms with E-state index in [9.17, 15) is 14.7 Å². The second-order valence-corrected chi connectivity index (χ2v) is 12.3. The molecule has 2 heterocycles. The third-order valence-corrected chi connectivity index (χ3v) is 8.92. The van der Waals surface area contributed by atoms with Gasteiger partial charge in [-0.3, -0.25) is 9.78 Å². The first kappa shape index (κ1) is 35.4. The summed E-state index contributed by atoms with van der Waals surface area (Å²) in [7, 11) is 1.30. The monoisotopic (exact) mass is 683 g/mol. The predicted molar refractivity (Wildman–Crippen MR) is 184 cm³/mol. The van der Waals surface area contributed by atoms with Crippen LogP contribution in [0.4, 0.5) is 0 Å². The number of carbonyl (C=O) groups is 2. The summed E-state index contributed by atoms with van der Waals surface area (Å²) in [6, 6.07) is 20.8. The molecule has 1 aliphatic heterocycles. The van der Waals surface area contributed by atoms with Crippen molar-refractivity contribution < 1.29 is 33.6 Å². The predicted octanol–water partition coefficient (Wildman–Crippen LogP) is 6.32. The lowest BCUT2D eigenvalue weighted by molar-refractivity contribution is -0.167. The van der Waals surface area contributed by atoms with E-state index in [0.717, 1.165) is 41.0 Å². The number of aliphatic hydroxyl groups is 1. The van der Waals surface area contributed by atoms with E-state index in [-0.39, 0.29) is 23.8 Å². The molecule has 0 unspecified atom stereocenters. The number of hydrogen-bond acceptors (Lipinski definition) is 10. The molecule has 4 aromatic rings. The number of nitriles is 1. The van der Waals surface area contributed by atoms with E-state index in [1.54, 1.807) is 18.3 Å². The first-order valence-electron chi connectivity index (χ1n) is 16.0. The van der Waals surface area contributed by atoms with Gasteiger partial charge < -0.3 is 29.0 Å². The standard InChI is InChI=1S/C38H38ClN3O7/c1-26-30(25-49-36-19-35(31(23-43)18-34(36)39)48-24-28-16-27(20-40)21-41-22-28)7-4-9-33(26)29-6-3-8-32(17-29)47-15-5-12-42-13-10-38(45,11-14-42)37(44)46-2/h3-4,6-9,16-19,21-23,45H,5,10-15,24-25H2,1-2H3. The van der Waals surface area contributed by atoms with Crippen LogP contribution in [0.15, 0.2) is 73.1 Å². The molecule has 0 bridgehead atoms. The second-order valence-electron chi connectivity index (χ2n) is 11.9. The lowest BCUT2D eigenvalue weighted by atomic mass is 9.91. The van der Waals surface area contributed by atoms with Crippen molar-refractivity contribution in [1.82, 2.24) is 9.88 Å². The van der Waals surface area contributed by atoms with Crippen LogP contribution in [-0.4, -0.2) is 66.2 Å². The number of piperidine rings is 1. The minimum absolute atomic E-state index is 0.108. The van der Waals surface area contributed by atoms with Crippen LogP contribution < -0.4 is 14.2 Å². The minimum atomic E-state index is -1.38. The van der Waals surface area contributed by atoms with Gasteiger partial charge in [0, 0.05) is 43.7 Å². The van der Waals surface area contributed by atoms with Crippen LogP contribution in [0.3, 0.4) is 0 Å². The Kier molecular flexibility index (Phi) is 11.9. The van der Waals surface area contributed by atoms with Crippen molar-refractivity contribution in [2.45, 2.75) is 45.0 Å². The fourth-order valence-corrected chi connectivity index (χ4v) is 5.97. The molecular weight excluding hydrogens is 646 g/mol. The first-order chi connectivity index (χ1) is 23.7. The quantitative estimate of drug-likeness (QED) is 0.0915. The van der Waals surface area contributed by atoms with E-state index in [0.29, 0.717) is 61.5 Å². The Morgan fingerprint density at radius 3 is 2.57 bits per heavy atom. The van der Waals surface area contributed by atoms with Gasteiger partial charge in [0.05, 0.1) is 29.9 Å². The summed E-state index contributed by atoms with van der Waals surface area (Å²) in [4.78, 5) is 29.9. The highest BCUT2D eigenvalue weighted by atomic mass is 35.5. The minimum Gasteiger partial charge on any atom is -0.494 e. The molecule has 1 N–H and O–H groups in total. The number of aromatic nitrogens is 1. The van der Waals surface area contributed by atoms with E-state index in [1.807, 2.05) is 49.4 Å².